The van der Waals surface area contributed by atoms with E-state index < -0.39 is 14.9 Å². The van der Waals surface area contributed by atoms with E-state index in [-0.39, 0.29) is 16.3 Å². The Bertz CT molecular complexity index is 1080. The van der Waals surface area contributed by atoms with E-state index in [9.17, 15) is 18.5 Å². The molecule has 0 saturated carbocycles. The van der Waals surface area contributed by atoms with Gasteiger partial charge in [-0.3, -0.25) is 20.3 Å². The zero-order chi connectivity index (χ0) is 23.7. The number of anilines is 2. The van der Waals surface area contributed by atoms with Gasteiger partial charge in [0.2, 0.25) is 0 Å². The fraction of sp³-hybridized carbons (Fsp3) is 0.435. The van der Waals surface area contributed by atoms with Gasteiger partial charge in [-0.1, -0.05) is 50.3 Å². The van der Waals surface area contributed by atoms with E-state index >= 15 is 0 Å². The second kappa shape index (κ2) is 11.6. The molecule has 0 spiro atoms. The predicted molar refractivity (Wildman–Crippen MR) is 130 cm³/mol. The van der Waals surface area contributed by atoms with Crippen molar-refractivity contribution < 1.29 is 13.3 Å². The number of nitrogens with zero attached hydrogens (tertiary/aromatic N) is 2. The van der Waals surface area contributed by atoms with Crippen molar-refractivity contribution in [1.82, 2.24) is 0 Å². The molecule has 0 aliphatic rings. The van der Waals surface area contributed by atoms with Crippen molar-refractivity contribution in [3.05, 3.63) is 57.6 Å². The highest BCUT2D eigenvalue weighted by Gasteiger charge is 2.23. The van der Waals surface area contributed by atoms with Crippen molar-refractivity contribution in [3.63, 3.8) is 0 Å². The number of aryl methyl sites for hydroxylation is 2. The topological polar surface area (TPSA) is 114 Å². The number of unbranched alkanes of at least 4 members (excludes halogenated alkanes) is 4. The zero-order valence-corrected chi connectivity index (χ0v) is 20.0. The average Bonchev–Trinajstić information content (AvgIpc) is 2.74. The number of benzene rings is 2. The molecule has 0 atom stereocenters. The molecule has 0 unspecified atom stereocenters. The van der Waals surface area contributed by atoms with Crippen LogP contribution in [0.1, 0.15) is 63.5 Å². The molecule has 32 heavy (non-hydrogen) atoms. The van der Waals surface area contributed by atoms with E-state index in [1.807, 2.05) is 19.9 Å². The molecule has 0 aromatic heterocycles. The van der Waals surface area contributed by atoms with Crippen LogP contribution in [0.4, 0.5) is 17.1 Å². The maximum atomic E-state index is 13.1. The van der Waals surface area contributed by atoms with Crippen LogP contribution in [0.3, 0.4) is 0 Å². The van der Waals surface area contributed by atoms with Crippen LogP contribution >= 0.6 is 0 Å². The van der Waals surface area contributed by atoms with Gasteiger partial charge in [0, 0.05) is 17.8 Å². The van der Waals surface area contributed by atoms with E-state index in [1.54, 1.807) is 19.1 Å². The Kier molecular flexibility index (Phi) is 9.19. The van der Waals surface area contributed by atoms with E-state index in [0.29, 0.717) is 5.69 Å². The van der Waals surface area contributed by atoms with Gasteiger partial charge in [-0.15, -0.1) is 0 Å². The Hall–Kier alpha value is -2.94. The van der Waals surface area contributed by atoms with Gasteiger partial charge in [-0.05, 0) is 51.3 Å². The highest BCUT2D eigenvalue weighted by Crippen LogP contribution is 2.29. The first-order valence-electron chi connectivity index (χ1n) is 10.8. The number of sulfonamides is 1. The van der Waals surface area contributed by atoms with Crippen LogP contribution in [0.5, 0.6) is 0 Å². The van der Waals surface area contributed by atoms with Gasteiger partial charge in [0.05, 0.1) is 16.3 Å². The molecule has 174 valence electrons. The third-order valence-electron chi connectivity index (χ3n) is 5.10. The predicted octanol–water partition coefficient (Wildman–Crippen LogP) is 6.16. The minimum Gasteiger partial charge on any atom is -0.279 e. The van der Waals surface area contributed by atoms with E-state index in [0.717, 1.165) is 42.2 Å². The molecule has 0 heterocycles. The van der Waals surface area contributed by atoms with Crippen LogP contribution in [0, 0.1) is 24.0 Å². The van der Waals surface area contributed by atoms with Gasteiger partial charge >= 0.3 is 0 Å². The Morgan fingerprint density at radius 1 is 1.03 bits per heavy atom. The van der Waals surface area contributed by atoms with Gasteiger partial charge in [0.1, 0.15) is 4.90 Å². The molecular formula is C23H32N4O4S. The molecule has 2 rings (SSSR count). The lowest BCUT2D eigenvalue weighted by Crippen LogP contribution is -2.16. The van der Waals surface area contributed by atoms with Crippen molar-refractivity contribution in [2.75, 3.05) is 10.1 Å². The fourth-order valence-electron chi connectivity index (χ4n) is 3.26. The third-order valence-corrected chi connectivity index (χ3v) is 6.51. The number of hydrogen-bond acceptors (Lipinski definition) is 6. The number of hydrazone groups is 1. The molecule has 0 bridgehead atoms. The van der Waals surface area contributed by atoms with Crippen molar-refractivity contribution in [1.29, 1.82) is 0 Å². The highest BCUT2D eigenvalue weighted by atomic mass is 32.2. The Balaban J connectivity index is 2.27. The summed E-state index contributed by atoms with van der Waals surface area (Å²) in [6.45, 7) is 7.76. The molecule has 0 fully saturated rings. The second-order valence-corrected chi connectivity index (χ2v) is 9.64. The van der Waals surface area contributed by atoms with E-state index in [4.69, 9.17) is 0 Å². The molecule has 0 radical (unpaired) electrons. The van der Waals surface area contributed by atoms with Crippen molar-refractivity contribution in [2.45, 2.75) is 71.1 Å². The summed E-state index contributed by atoms with van der Waals surface area (Å²) in [5, 5.41) is 15.5. The quantitative estimate of drug-likeness (QED) is 0.170. The van der Waals surface area contributed by atoms with Crippen molar-refractivity contribution in [3.8, 4) is 0 Å². The summed E-state index contributed by atoms with van der Waals surface area (Å²) in [5.74, 6) is 0. The molecular weight excluding hydrogens is 428 g/mol. The van der Waals surface area contributed by atoms with Crippen LogP contribution in [-0.4, -0.2) is 19.1 Å². The summed E-state index contributed by atoms with van der Waals surface area (Å²) in [6, 6.07) is 9.00. The Labute approximate surface area is 190 Å². The molecule has 0 amide bonds. The van der Waals surface area contributed by atoms with Crippen LogP contribution in [-0.2, 0) is 10.0 Å². The van der Waals surface area contributed by atoms with Gasteiger partial charge < -0.3 is 0 Å². The standard InChI is InChI=1S/C23H32N4O4S/c1-5-6-7-8-9-10-19(4)24-25-22-14-12-20(27(28)29)16-23(22)32(30,31)26-21-13-11-17(2)15-18(21)3/h11-16,25-26H,5-10H2,1-4H3. The summed E-state index contributed by atoms with van der Waals surface area (Å²) in [4.78, 5) is 10.4. The monoisotopic (exact) mass is 460 g/mol. The minimum atomic E-state index is -4.10. The summed E-state index contributed by atoms with van der Waals surface area (Å²) < 4.78 is 28.8. The van der Waals surface area contributed by atoms with Gasteiger partial charge in [0.15, 0.2) is 0 Å². The minimum absolute atomic E-state index is 0.179. The summed E-state index contributed by atoms with van der Waals surface area (Å²) >= 11 is 0. The zero-order valence-electron chi connectivity index (χ0n) is 19.1. The lowest BCUT2D eigenvalue weighted by molar-refractivity contribution is -0.385. The molecule has 8 nitrogen and oxygen atoms in total. The lowest BCUT2D eigenvalue weighted by atomic mass is 10.1. The first-order valence-corrected chi connectivity index (χ1v) is 12.3. The lowest BCUT2D eigenvalue weighted by Gasteiger charge is -2.14. The molecule has 0 aliphatic heterocycles. The van der Waals surface area contributed by atoms with Crippen LogP contribution in [0.2, 0.25) is 0 Å². The summed E-state index contributed by atoms with van der Waals surface area (Å²) in [6.07, 6.45) is 6.51. The molecule has 0 saturated heterocycles. The number of nitro benzene ring substituents is 1. The Morgan fingerprint density at radius 2 is 1.72 bits per heavy atom. The fourth-order valence-corrected chi connectivity index (χ4v) is 4.57. The maximum Gasteiger partial charge on any atom is 0.270 e. The third kappa shape index (κ3) is 7.33. The first-order chi connectivity index (χ1) is 15.1. The van der Waals surface area contributed by atoms with Crippen molar-refractivity contribution in [2.24, 2.45) is 5.10 Å². The van der Waals surface area contributed by atoms with Crippen LogP contribution in [0.25, 0.3) is 0 Å². The SMILES string of the molecule is CCCCCCCC(C)=NNc1ccc([N+](=O)[O-])cc1S(=O)(=O)Nc1ccc(C)cc1C. The normalized spacial score (nSPS) is 11.9. The van der Waals surface area contributed by atoms with Crippen molar-refractivity contribution >= 4 is 32.8 Å². The first kappa shape index (κ1) is 25.3. The maximum absolute atomic E-state index is 13.1. The smallest absolute Gasteiger partial charge is 0.270 e. The van der Waals surface area contributed by atoms with Gasteiger partial charge in [-0.25, -0.2) is 8.42 Å². The average molecular weight is 461 g/mol. The van der Waals surface area contributed by atoms with E-state index in [2.05, 4.69) is 22.2 Å². The number of nitrogens with one attached hydrogen (secondary N) is 2. The number of non-ortho nitro benzene ring substituents is 1. The molecule has 0 aliphatic carbocycles. The second-order valence-electron chi connectivity index (χ2n) is 7.98. The number of hydrogen-bond donors (Lipinski definition) is 2. The molecule has 2 N–H and O–H groups in total. The van der Waals surface area contributed by atoms with Gasteiger partial charge in [-0.2, -0.15) is 5.10 Å². The van der Waals surface area contributed by atoms with E-state index in [1.165, 1.54) is 31.4 Å². The largest absolute Gasteiger partial charge is 0.279 e. The summed E-state index contributed by atoms with van der Waals surface area (Å²) in [5.41, 5.74) is 5.67. The highest BCUT2D eigenvalue weighted by molar-refractivity contribution is 7.92. The van der Waals surface area contributed by atoms with Crippen LogP contribution < -0.4 is 10.1 Å². The van der Waals surface area contributed by atoms with Gasteiger partial charge in [0.25, 0.3) is 15.7 Å². The Morgan fingerprint density at radius 3 is 2.38 bits per heavy atom. The molecule has 2 aromatic carbocycles. The number of rotatable bonds is 12. The molecule has 9 heteroatoms. The molecule has 2 aromatic rings. The van der Waals surface area contributed by atoms with Crippen LogP contribution in [0.15, 0.2) is 46.4 Å². The summed E-state index contributed by atoms with van der Waals surface area (Å²) in [7, 11) is -4.10. The number of nitro groups is 1.